The molecule has 2 N–H and O–H groups in total. The van der Waals surface area contributed by atoms with Gasteiger partial charge in [-0.2, -0.15) is 13.2 Å². The summed E-state index contributed by atoms with van der Waals surface area (Å²) in [4.78, 5) is 29.3. The fourth-order valence-electron chi connectivity index (χ4n) is 4.70. The second-order valence-electron chi connectivity index (χ2n) is 9.32. The number of nitrogens with zero attached hydrogens (tertiary/aromatic N) is 2. The lowest BCUT2D eigenvalue weighted by molar-refractivity contribution is -0.138. The van der Waals surface area contributed by atoms with Gasteiger partial charge in [0, 0.05) is 25.2 Å². The van der Waals surface area contributed by atoms with Crippen LogP contribution >= 0.6 is 0 Å². The van der Waals surface area contributed by atoms with Crippen molar-refractivity contribution >= 4 is 17.5 Å². The first kappa shape index (κ1) is 24.4. The molecule has 1 aliphatic carbocycles. The van der Waals surface area contributed by atoms with Gasteiger partial charge < -0.3 is 20.3 Å². The largest absolute Gasteiger partial charge is 0.476 e. The highest BCUT2D eigenvalue weighted by atomic mass is 19.4. The average molecular weight is 456 g/mol. The number of anilines is 1. The maximum Gasteiger partial charge on any atom is 0.417 e. The first-order valence-electron chi connectivity index (χ1n) is 11.2. The van der Waals surface area contributed by atoms with E-state index in [0.29, 0.717) is 0 Å². The lowest BCUT2D eigenvalue weighted by Crippen LogP contribution is -2.54. The zero-order valence-electron chi connectivity index (χ0n) is 19.1. The molecule has 1 saturated carbocycles. The molecule has 0 unspecified atom stereocenters. The summed E-state index contributed by atoms with van der Waals surface area (Å²) in [5, 5.41) is 0. The monoisotopic (exact) mass is 455 g/mol. The van der Waals surface area contributed by atoms with Crippen molar-refractivity contribution in [2.45, 2.75) is 83.7 Å². The molecular weight excluding hydrogens is 423 g/mol. The molecule has 1 fully saturated rings. The number of amides is 2. The summed E-state index contributed by atoms with van der Waals surface area (Å²) in [7, 11) is 0. The van der Waals surface area contributed by atoms with Crippen molar-refractivity contribution in [2.75, 3.05) is 18.0 Å². The highest BCUT2D eigenvalue weighted by Crippen LogP contribution is 2.44. The predicted octanol–water partition coefficient (Wildman–Crippen LogP) is 4.35. The van der Waals surface area contributed by atoms with Gasteiger partial charge in [0.25, 0.3) is 11.8 Å². The van der Waals surface area contributed by atoms with Crippen LogP contribution in [0.25, 0.3) is 0 Å². The lowest BCUT2D eigenvalue weighted by Gasteiger charge is -2.40. The van der Waals surface area contributed by atoms with Crippen molar-refractivity contribution in [1.29, 1.82) is 0 Å². The Bertz CT molecular complexity index is 877. The van der Waals surface area contributed by atoms with Crippen LogP contribution in [0.4, 0.5) is 18.9 Å². The Hall–Kier alpha value is -2.29. The summed E-state index contributed by atoms with van der Waals surface area (Å²) in [6.07, 6.45) is -0.273. The van der Waals surface area contributed by atoms with Gasteiger partial charge in [0.2, 0.25) is 0 Å². The van der Waals surface area contributed by atoms with E-state index in [1.54, 1.807) is 4.90 Å². The maximum absolute atomic E-state index is 14.1. The van der Waals surface area contributed by atoms with Gasteiger partial charge in [-0.25, -0.2) is 0 Å². The molecule has 0 atom stereocenters. The molecule has 1 aliphatic heterocycles. The number of ether oxygens (including phenoxy) is 1. The van der Waals surface area contributed by atoms with Gasteiger partial charge in [-0.3, -0.25) is 9.59 Å². The van der Waals surface area contributed by atoms with Gasteiger partial charge in [0.1, 0.15) is 5.75 Å². The molecule has 0 aromatic heterocycles. The van der Waals surface area contributed by atoms with Crippen LogP contribution in [0.1, 0.15) is 75.7 Å². The summed E-state index contributed by atoms with van der Waals surface area (Å²) in [6.45, 7) is 6.84. The number of halogens is 3. The number of nitrogens with two attached hydrogens (primary N) is 1. The molecule has 6 nitrogen and oxygen atoms in total. The Morgan fingerprint density at radius 1 is 1.25 bits per heavy atom. The zero-order chi connectivity index (χ0) is 23.8. The Morgan fingerprint density at radius 3 is 2.41 bits per heavy atom. The summed E-state index contributed by atoms with van der Waals surface area (Å²) in [5.74, 6) is -1.17. The number of hydrogen-bond donors (Lipinski definition) is 1. The molecule has 0 spiro atoms. The number of alkyl halides is 3. The molecule has 32 heavy (non-hydrogen) atoms. The quantitative estimate of drug-likeness (QED) is 0.716. The number of rotatable bonds is 5. The van der Waals surface area contributed by atoms with Crippen LogP contribution in [0.15, 0.2) is 12.1 Å². The highest BCUT2D eigenvalue weighted by Gasteiger charge is 2.45. The Balaban J connectivity index is 2.16. The molecular formula is C23H32F3N3O3. The van der Waals surface area contributed by atoms with Crippen molar-refractivity contribution in [3.05, 3.63) is 23.3 Å². The van der Waals surface area contributed by atoms with Crippen molar-refractivity contribution < 1.29 is 27.5 Å². The number of fused-ring (bicyclic) bond motifs is 1. The fourth-order valence-corrected chi connectivity index (χ4v) is 4.70. The first-order valence-corrected chi connectivity index (χ1v) is 11.2. The van der Waals surface area contributed by atoms with E-state index in [0.717, 1.165) is 44.2 Å². The van der Waals surface area contributed by atoms with Gasteiger partial charge >= 0.3 is 6.18 Å². The van der Waals surface area contributed by atoms with E-state index < -0.39 is 34.7 Å². The molecule has 1 aromatic carbocycles. The number of benzene rings is 1. The minimum Gasteiger partial charge on any atom is -0.476 e. The summed E-state index contributed by atoms with van der Waals surface area (Å²) < 4.78 is 47.9. The van der Waals surface area contributed by atoms with Crippen molar-refractivity contribution in [1.82, 2.24) is 4.90 Å². The number of carbonyl (C=O) groups excluding carboxylic acids is 2. The van der Waals surface area contributed by atoms with Crippen LogP contribution < -0.4 is 15.4 Å². The molecule has 9 heteroatoms. The Kier molecular flexibility index (Phi) is 6.79. The second kappa shape index (κ2) is 8.92. The Labute approximate surface area is 186 Å². The van der Waals surface area contributed by atoms with E-state index >= 15 is 0 Å². The van der Waals surface area contributed by atoms with Crippen LogP contribution in [-0.4, -0.2) is 47.5 Å². The fraction of sp³-hybridized carbons (Fsp3) is 0.652. The van der Waals surface area contributed by atoms with Gasteiger partial charge in [-0.05, 0) is 52.7 Å². The van der Waals surface area contributed by atoms with E-state index in [4.69, 9.17) is 10.5 Å². The van der Waals surface area contributed by atoms with E-state index in [1.165, 1.54) is 18.7 Å². The molecule has 0 saturated heterocycles. The van der Waals surface area contributed by atoms with Crippen LogP contribution in [-0.2, 0) is 11.0 Å². The average Bonchev–Trinajstić information content (AvgIpc) is 2.70. The highest BCUT2D eigenvalue weighted by molar-refractivity contribution is 6.05. The van der Waals surface area contributed by atoms with Gasteiger partial charge in [0.15, 0.2) is 5.60 Å². The predicted molar refractivity (Wildman–Crippen MR) is 116 cm³/mol. The third-order valence-corrected chi connectivity index (χ3v) is 6.16. The smallest absolute Gasteiger partial charge is 0.417 e. The van der Waals surface area contributed by atoms with Crippen molar-refractivity contribution in [2.24, 2.45) is 5.73 Å². The van der Waals surface area contributed by atoms with E-state index in [2.05, 4.69) is 0 Å². The van der Waals surface area contributed by atoms with E-state index in [1.807, 2.05) is 13.8 Å². The van der Waals surface area contributed by atoms with Crippen LogP contribution in [0.2, 0.25) is 0 Å². The minimum absolute atomic E-state index is 0.0827. The minimum atomic E-state index is -4.76. The lowest BCUT2D eigenvalue weighted by atomic mass is 9.92. The van der Waals surface area contributed by atoms with Crippen molar-refractivity contribution in [3.63, 3.8) is 0 Å². The van der Waals surface area contributed by atoms with Crippen LogP contribution in [0, 0.1) is 0 Å². The van der Waals surface area contributed by atoms with Gasteiger partial charge in [-0.1, -0.05) is 19.3 Å². The topological polar surface area (TPSA) is 75.9 Å². The molecule has 2 amide bonds. The van der Waals surface area contributed by atoms with E-state index in [-0.39, 0.29) is 36.6 Å². The first-order chi connectivity index (χ1) is 14.9. The molecule has 0 bridgehead atoms. The van der Waals surface area contributed by atoms with Gasteiger partial charge in [-0.15, -0.1) is 0 Å². The third kappa shape index (κ3) is 4.58. The number of hydrogen-bond acceptors (Lipinski definition) is 4. The van der Waals surface area contributed by atoms with E-state index in [9.17, 15) is 22.8 Å². The third-order valence-electron chi connectivity index (χ3n) is 6.16. The molecule has 1 heterocycles. The van der Waals surface area contributed by atoms with Crippen LogP contribution in [0.3, 0.4) is 0 Å². The summed E-state index contributed by atoms with van der Waals surface area (Å²) in [6, 6.07) is 1.63. The maximum atomic E-state index is 14.1. The second-order valence-corrected chi connectivity index (χ2v) is 9.32. The molecule has 1 aromatic rings. The SMILES string of the molecule is CC(C)N(C(=O)c1cc2c(cc1C(F)(F)F)OC(C)(C)C(=O)N2CCN)C1CCCCC1. The molecule has 2 aliphatic rings. The molecule has 178 valence electrons. The summed E-state index contributed by atoms with van der Waals surface area (Å²) in [5.41, 5.74) is 2.94. The standard InChI is InChI=1S/C23H32F3N3O3/c1-14(2)29(15-8-6-5-7-9-15)20(30)16-12-18-19(13-17(16)23(24,25)26)32-22(3,4)21(31)28(18)11-10-27/h12-15H,5-11,27H2,1-4H3. The van der Waals surface area contributed by atoms with Crippen molar-refractivity contribution in [3.8, 4) is 5.75 Å². The van der Waals surface area contributed by atoms with Crippen LogP contribution in [0.5, 0.6) is 5.75 Å². The normalized spacial score (nSPS) is 19.0. The van der Waals surface area contributed by atoms with Gasteiger partial charge in [0.05, 0.1) is 16.8 Å². The summed E-state index contributed by atoms with van der Waals surface area (Å²) >= 11 is 0. The molecule has 0 radical (unpaired) electrons. The number of carbonyl (C=O) groups is 2. The Morgan fingerprint density at radius 2 is 1.88 bits per heavy atom. The zero-order valence-corrected chi connectivity index (χ0v) is 19.1. The molecule has 3 rings (SSSR count).